The van der Waals surface area contributed by atoms with E-state index in [4.69, 9.17) is 14.6 Å². The van der Waals surface area contributed by atoms with E-state index in [1.807, 2.05) is 24.2 Å². The van der Waals surface area contributed by atoms with Crippen molar-refractivity contribution >= 4 is 17.7 Å². The number of carboxylic acid groups (broad SMARTS) is 1. The van der Waals surface area contributed by atoms with Gasteiger partial charge in [-0.1, -0.05) is 0 Å². The minimum absolute atomic E-state index is 0.123. The molecule has 0 bridgehead atoms. The largest absolute Gasteiger partial charge is 0.490 e. The molecule has 4 heterocycles. The van der Waals surface area contributed by atoms with Crippen molar-refractivity contribution in [2.75, 3.05) is 44.3 Å². The number of alkyl halides is 3. The molecule has 1 N–H and O–H groups in total. The third kappa shape index (κ3) is 6.63. The van der Waals surface area contributed by atoms with Crippen LogP contribution in [0.1, 0.15) is 17.0 Å². The van der Waals surface area contributed by atoms with Crippen LogP contribution in [0, 0.1) is 0 Å². The van der Waals surface area contributed by atoms with Crippen molar-refractivity contribution in [3.05, 3.63) is 35.5 Å². The predicted molar refractivity (Wildman–Crippen MR) is 110 cm³/mol. The second kappa shape index (κ2) is 10.6. The summed E-state index contributed by atoms with van der Waals surface area (Å²) in [6.45, 7) is 4.56. The first kappa shape index (κ1) is 24.4. The molecule has 0 saturated carbocycles. The number of halogens is 3. The van der Waals surface area contributed by atoms with Gasteiger partial charge in [0.05, 0.1) is 31.0 Å². The molecular weight excluding hydrogens is 445 g/mol. The Balaban J connectivity index is 0.000000383. The maximum Gasteiger partial charge on any atom is 0.490 e. The lowest BCUT2D eigenvalue weighted by atomic mass is 10.1. The highest BCUT2D eigenvalue weighted by atomic mass is 19.4. The van der Waals surface area contributed by atoms with Crippen molar-refractivity contribution in [2.45, 2.75) is 25.4 Å². The predicted octanol–water partition coefficient (Wildman–Crippen LogP) is 0.850. The summed E-state index contributed by atoms with van der Waals surface area (Å²) in [5, 5.41) is 11.4. The summed E-state index contributed by atoms with van der Waals surface area (Å²) in [5.74, 6) is -1.62. The molecule has 0 aromatic carbocycles. The number of carbonyl (C=O) groups excluding carboxylic acids is 1. The van der Waals surface area contributed by atoms with Gasteiger partial charge >= 0.3 is 12.1 Å². The van der Waals surface area contributed by atoms with E-state index < -0.39 is 12.1 Å². The molecule has 0 radical (unpaired) electrons. The molecule has 4 rings (SSSR count). The van der Waals surface area contributed by atoms with Gasteiger partial charge in [-0.05, 0) is 12.5 Å². The number of morpholine rings is 1. The second-order valence-corrected chi connectivity index (χ2v) is 7.56. The number of rotatable bonds is 3. The zero-order valence-electron chi connectivity index (χ0n) is 18.1. The van der Waals surface area contributed by atoms with Gasteiger partial charge in [-0.3, -0.25) is 9.48 Å². The third-order valence-electron chi connectivity index (χ3n) is 5.27. The van der Waals surface area contributed by atoms with Crippen LogP contribution in [-0.2, 0) is 40.6 Å². The summed E-state index contributed by atoms with van der Waals surface area (Å²) in [5.41, 5.74) is 3.06. The first-order valence-corrected chi connectivity index (χ1v) is 10.4. The fraction of sp³-hybridized carbons (Fsp3) is 0.550. The molecule has 0 unspecified atom stereocenters. The number of aromatic nitrogens is 4. The zero-order valence-corrected chi connectivity index (χ0v) is 18.1. The highest BCUT2D eigenvalue weighted by Crippen LogP contribution is 2.24. The fourth-order valence-electron chi connectivity index (χ4n) is 3.63. The van der Waals surface area contributed by atoms with Crippen LogP contribution in [0.25, 0.3) is 0 Å². The van der Waals surface area contributed by atoms with Crippen LogP contribution in [0.4, 0.5) is 19.0 Å². The maximum absolute atomic E-state index is 12.7. The molecule has 10 nitrogen and oxygen atoms in total. The van der Waals surface area contributed by atoms with E-state index in [9.17, 15) is 18.0 Å². The fourth-order valence-corrected chi connectivity index (χ4v) is 3.63. The van der Waals surface area contributed by atoms with Crippen LogP contribution in [0.3, 0.4) is 0 Å². The Labute approximate surface area is 188 Å². The average Bonchev–Trinajstić information content (AvgIpc) is 3.05. The Hall–Kier alpha value is -3.22. The van der Waals surface area contributed by atoms with E-state index in [1.165, 1.54) is 5.56 Å². The quantitative estimate of drug-likeness (QED) is 0.703. The molecule has 0 atom stereocenters. The number of ether oxygens (including phenoxy) is 1. The number of fused-ring (bicyclic) bond motifs is 1. The molecule has 0 spiro atoms. The van der Waals surface area contributed by atoms with E-state index in [0.29, 0.717) is 19.5 Å². The number of amides is 1. The molecule has 2 aliphatic heterocycles. The number of aryl methyl sites for hydroxylation is 1. The van der Waals surface area contributed by atoms with Crippen molar-refractivity contribution in [1.29, 1.82) is 0 Å². The highest BCUT2D eigenvalue weighted by Gasteiger charge is 2.38. The molecule has 1 saturated heterocycles. The summed E-state index contributed by atoms with van der Waals surface area (Å²) < 4.78 is 38.9. The van der Waals surface area contributed by atoms with Crippen LogP contribution >= 0.6 is 0 Å². The first-order chi connectivity index (χ1) is 15.6. The Morgan fingerprint density at radius 3 is 2.39 bits per heavy atom. The number of nitrogens with zero attached hydrogens (tertiary/aromatic N) is 6. The Morgan fingerprint density at radius 1 is 1.12 bits per heavy atom. The van der Waals surface area contributed by atoms with Crippen LogP contribution in [0.15, 0.2) is 18.6 Å². The van der Waals surface area contributed by atoms with Crippen molar-refractivity contribution in [3.63, 3.8) is 0 Å². The summed E-state index contributed by atoms with van der Waals surface area (Å²) in [6.07, 6.45) is 0.333. The molecule has 33 heavy (non-hydrogen) atoms. The zero-order chi connectivity index (χ0) is 24.0. The average molecular weight is 470 g/mol. The lowest BCUT2D eigenvalue weighted by Gasteiger charge is -2.29. The summed E-state index contributed by atoms with van der Waals surface area (Å²) >= 11 is 0. The van der Waals surface area contributed by atoms with E-state index >= 15 is 0 Å². The van der Waals surface area contributed by atoms with Gasteiger partial charge in [0.25, 0.3) is 0 Å². The smallest absolute Gasteiger partial charge is 0.475 e. The van der Waals surface area contributed by atoms with Gasteiger partial charge < -0.3 is 19.6 Å². The lowest BCUT2D eigenvalue weighted by Crippen LogP contribution is -2.37. The molecule has 1 fully saturated rings. The van der Waals surface area contributed by atoms with E-state index in [-0.39, 0.29) is 5.91 Å². The Bertz CT molecular complexity index is 975. The molecule has 180 valence electrons. The van der Waals surface area contributed by atoms with Crippen molar-refractivity contribution in [2.24, 2.45) is 7.05 Å². The van der Waals surface area contributed by atoms with Gasteiger partial charge in [0.2, 0.25) is 5.91 Å². The van der Waals surface area contributed by atoms with Gasteiger partial charge in [0, 0.05) is 51.4 Å². The number of aliphatic carboxylic acids is 1. The number of carbonyl (C=O) groups is 2. The summed E-state index contributed by atoms with van der Waals surface area (Å²) in [6, 6.07) is 1.90. The van der Waals surface area contributed by atoms with Gasteiger partial charge in [-0.2, -0.15) is 18.3 Å². The second-order valence-electron chi connectivity index (χ2n) is 7.56. The maximum atomic E-state index is 12.7. The monoisotopic (exact) mass is 470 g/mol. The molecule has 2 aliphatic rings. The number of hydrogen-bond acceptors (Lipinski definition) is 7. The Kier molecular flexibility index (Phi) is 7.84. The molecule has 0 aliphatic carbocycles. The molecular formula is C20H25F3N6O4. The standard InChI is InChI=1S/C18H24N6O2.C2HF3O2/c1-22-5-2-14(21-22)12-17(25)23-6-3-15-16(4-7-23)19-13-20-18(15)24-8-10-26-11-9-24;3-2(4,5)1(6)7/h2,5,13H,3-4,6-12H2,1H3;(H,6,7). The van der Waals surface area contributed by atoms with E-state index in [0.717, 1.165) is 56.4 Å². The molecule has 13 heteroatoms. The Morgan fingerprint density at radius 2 is 1.79 bits per heavy atom. The minimum Gasteiger partial charge on any atom is -0.475 e. The van der Waals surface area contributed by atoms with Crippen molar-refractivity contribution in [3.8, 4) is 0 Å². The van der Waals surface area contributed by atoms with Gasteiger partial charge in [-0.25, -0.2) is 14.8 Å². The number of carboxylic acids is 1. The normalized spacial score (nSPS) is 16.4. The number of hydrogen-bond donors (Lipinski definition) is 1. The minimum atomic E-state index is -5.08. The first-order valence-electron chi connectivity index (χ1n) is 10.4. The number of anilines is 1. The van der Waals surface area contributed by atoms with Crippen LogP contribution in [-0.4, -0.2) is 87.2 Å². The van der Waals surface area contributed by atoms with Crippen LogP contribution < -0.4 is 4.90 Å². The van der Waals surface area contributed by atoms with Gasteiger partial charge in [0.1, 0.15) is 12.1 Å². The van der Waals surface area contributed by atoms with E-state index in [1.54, 1.807) is 11.0 Å². The summed E-state index contributed by atoms with van der Waals surface area (Å²) in [7, 11) is 1.86. The SMILES string of the molecule is Cn1ccc(CC(=O)N2CCc3ncnc(N4CCOCC4)c3CC2)n1.O=C(O)C(F)(F)F. The molecule has 1 amide bonds. The van der Waals surface area contributed by atoms with Crippen molar-refractivity contribution in [1.82, 2.24) is 24.6 Å². The molecule has 2 aromatic heterocycles. The highest BCUT2D eigenvalue weighted by molar-refractivity contribution is 5.78. The van der Waals surface area contributed by atoms with Crippen molar-refractivity contribution < 1.29 is 32.6 Å². The third-order valence-corrected chi connectivity index (χ3v) is 5.27. The topological polar surface area (TPSA) is 114 Å². The van der Waals surface area contributed by atoms with Gasteiger partial charge in [-0.15, -0.1) is 0 Å². The lowest BCUT2D eigenvalue weighted by molar-refractivity contribution is -0.192. The molecule has 2 aromatic rings. The summed E-state index contributed by atoms with van der Waals surface area (Å²) in [4.78, 5) is 34.8. The van der Waals surface area contributed by atoms with Crippen LogP contribution in [0.2, 0.25) is 0 Å². The van der Waals surface area contributed by atoms with E-state index in [2.05, 4.69) is 20.0 Å². The van der Waals surface area contributed by atoms with Crippen LogP contribution in [0.5, 0.6) is 0 Å². The van der Waals surface area contributed by atoms with Gasteiger partial charge in [0.15, 0.2) is 0 Å².